The van der Waals surface area contributed by atoms with Crippen molar-refractivity contribution in [1.29, 1.82) is 0 Å². The van der Waals surface area contributed by atoms with Gasteiger partial charge in [0.2, 0.25) is 0 Å². The van der Waals surface area contributed by atoms with E-state index in [1.807, 2.05) is 14.0 Å². The summed E-state index contributed by atoms with van der Waals surface area (Å²) in [5.74, 6) is 0.982. The molecule has 2 rings (SSSR count). The summed E-state index contributed by atoms with van der Waals surface area (Å²) in [6.45, 7) is 4.70. The molecule has 14 heavy (non-hydrogen) atoms. The fraction of sp³-hybridized carbons (Fsp3) is 0.556. The van der Waals surface area contributed by atoms with E-state index in [9.17, 15) is 0 Å². The highest BCUT2D eigenvalue weighted by Gasteiger charge is 2.11. The second-order valence-corrected chi connectivity index (χ2v) is 4.41. The van der Waals surface area contributed by atoms with E-state index < -0.39 is 0 Å². The maximum atomic E-state index is 4.42. The number of thiazole rings is 1. The maximum Gasteiger partial charge on any atom is 0.194 e. The Labute approximate surface area is 87.7 Å². The van der Waals surface area contributed by atoms with Gasteiger partial charge in [-0.1, -0.05) is 0 Å². The first-order chi connectivity index (χ1) is 6.75. The van der Waals surface area contributed by atoms with Crippen molar-refractivity contribution in [1.82, 2.24) is 15.2 Å². The van der Waals surface area contributed by atoms with Gasteiger partial charge in [0.05, 0.1) is 23.8 Å². The molecule has 1 aromatic rings. The van der Waals surface area contributed by atoms with Crippen molar-refractivity contribution < 1.29 is 0 Å². The van der Waals surface area contributed by atoms with Crippen molar-refractivity contribution in [3.05, 3.63) is 16.1 Å². The van der Waals surface area contributed by atoms with Crippen molar-refractivity contribution in [2.24, 2.45) is 4.99 Å². The van der Waals surface area contributed by atoms with Crippen LogP contribution < -0.4 is 5.32 Å². The van der Waals surface area contributed by atoms with E-state index in [4.69, 9.17) is 0 Å². The monoisotopic (exact) mass is 210 g/mol. The zero-order chi connectivity index (χ0) is 9.97. The molecule has 1 aromatic heterocycles. The minimum atomic E-state index is 0.830. The number of nitrogens with one attached hydrogen (secondary N) is 1. The van der Waals surface area contributed by atoms with Gasteiger partial charge in [-0.05, 0) is 6.92 Å². The molecule has 0 radical (unpaired) electrons. The van der Waals surface area contributed by atoms with Gasteiger partial charge in [-0.3, -0.25) is 4.99 Å². The third-order valence-corrected chi connectivity index (χ3v) is 2.91. The topological polar surface area (TPSA) is 40.5 Å². The Morgan fingerprint density at radius 2 is 2.50 bits per heavy atom. The molecule has 0 spiro atoms. The summed E-state index contributed by atoms with van der Waals surface area (Å²) in [5.41, 5.74) is 1.12. The zero-order valence-corrected chi connectivity index (χ0v) is 9.27. The van der Waals surface area contributed by atoms with Crippen LogP contribution in [0.2, 0.25) is 0 Å². The van der Waals surface area contributed by atoms with Crippen molar-refractivity contribution in [2.45, 2.75) is 13.5 Å². The Hall–Kier alpha value is -1.10. The second kappa shape index (κ2) is 3.96. The minimum absolute atomic E-state index is 0.830. The number of aliphatic imine (C=N–C) groups is 1. The molecular weight excluding hydrogens is 196 g/mol. The van der Waals surface area contributed by atoms with Gasteiger partial charge in [-0.15, -0.1) is 11.3 Å². The molecular formula is C9H14N4S. The quantitative estimate of drug-likeness (QED) is 0.786. The average Bonchev–Trinajstić information content (AvgIpc) is 2.75. The number of aromatic nitrogens is 1. The van der Waals surface area contributed by atoms with E-state index in [1.165, 1.54) is 0 Å². The van der Waals surface area contributed by atoms with Gasteiger partial charge in [0, 0.05) is 19.0 Å². The van der Waals surface area contributed by atoms with Crippen LogP contribution in [0.4, 0.5) is 0 Å². The number of hydrogen-bond acceptors (Lipinski definition) is 5. The number of guanidine groups is 1. The van der Waals surface area contributed by atoms with Gasteiger partial charge in [0.15, 0.2) is 5.96 Å². The molecule has 0 bridgehead atoms. The van der Waals surface area contributed by atoms with Crippen LogP contribution in [0.3, 0.4) is 0 Å². The van der Waals surface area contributed by atoms with Gasteiger partial charge in [-0.25, -0.2) is 4.98 Å². The molecule has 2 heterocycles. The minimum Gasteiger partial charge on any atom is -0.354 e. The molecule has 0 aromatic carbocycles. The van der Waals surface area contributed by atoms with E-state index in [2.05, 4.69) is 25.6 Å². The molecule has 1 N–H and O–H groups in total. The van der Waals surface area contributed by atoms with Gasteiger partial charge in [0.25, 0.3) is 0 Å². The van der Waals surface area contributed by atoms with Crippen molar-refractivity contribution >= 4 is 17.3 Å². The van der Waals surface area contributed by atoms with Gasteiger partial charge in [-0.2, -0.15) is 0 Å². The lowest BCUT2D eigenvalue weighted by atomic mass is 10.4. The Morgan fingerprint density at radius 1 is 1.64 bits per heavy atom. The normalized spacial score (nSPS) is 15.1. The summed E-state index contributed by atoms with van der Waals surface area (Å²) in [5, 5.41) is 6.45. The molecule has 5 heteroatoms. The third kappa shape index (κ3) is 2.04. The summed E-state index contributed by atoms with van der Waals surface area (Å²) < 4.78 is 0. The maximum absolute atomic E-state index is 4.42. The van der Waals surface area contributed by atoms with Gasteiger partial charge >= 0.3 is 0 Å². The predicted molar refractivity (Wildman–Crippen MR) is 58.6 cm³/mol. The van der Waals surface area contributed by atoms with Crippen LogP contribution in [0.5, 0.6) is 0 Å². The van der Waals surface area contributed by atoms with E-state index in [0.717, 1.165) is 36.3 Å². The van der Waals surface area contributed by atoms with Crippen molar-refractivity contribution in [3.8, 4) is 0 Å². The molecule has 0 fully saturated rings. The Balaban J connectivity index is 1.97. The smallest absolute Gasteiger partial charge is 0.194 e. The summed E-state index contributed by atoms with van der Waals surface area (Å²) >= 11 is 1.69. The molecule has 0 atom stereocenters. The molecule has 1 aliphatic heterocycles. The molecule has 0 saturated carbocycles. The summed E-state index contributed by atoms with van der Waals surface area (Å²) in [4.78, 5) is 10.9. The van der Waals surface area contributed by atoms with Crippen molar-refractivity contribution in [3.63, 3.8) is 0 Å². The van der Waals surface area contributed by atoms with Crippen LogP contribution in [0, 0.1) is 6.92 Å². The Bertz CT molecular complexity index is 344. The Morgan fingerprint density at radius 3 is 3.07 bits per heavy atom. The largest absolute Gasteiger partial charge is 0.354 e. The molecule has 0 unspecified atom stereocenters. The molecule has 4 nitrogen and oxygen atoms in total. The number of hydrogen-bond donors (Lipinski definition) is 1. The van der Waals surface area contributed by atoms with Crippen LogP contribution in [0.1, 0.15) is 10.7 Å². The van der Waals surface area contributed by atoms with Crippen LogP contribution in [-0.4, -0.2) is 36.0 Å². The molecule has 0 aliphatic carbocycles. The number of rotatable bonds is 2. The van der Waals surface area contributed by atoms with Crippen LogP contribution in [0.15, 0.2) is 10.4 Å². The fourth-order valence-corrected chi connectivity index (χ4v) is 2.04. The number of nitrogens with zero attached hydrogens (tertiary/aromatic N) is 3. The van der Waals surface area contributed by atoms with Crippen molar-refractivity contribution in [2.75, 3.05) is 20.1 Å². The molecule has 0 saturated heterocycles. The lowest BCUT2D eigenvalue weighted by Gasteiger charge is -2.17. The molecule has 1 aliphatic rings. The SMILES string of the molecule is Cc1nc(CN(C)C2=NCCN2)cs1. The highest BCUT2D eigenvalue weighted by molar-refractivity contribution is 7.09. The number of aryl methyl sites for hydroxylation is 1. The van der Waals surface area contributed by atoms with E-state index in [1.54, 1.807) is 11.3 Å². The second-order valence-electron chi connectivity index (χ2n) is 3.35. The zero-order valence-electron chi connectivity index (χ0n) is 8.45. The van der Waals surface area contributed by atoms with Crippen LogP contribution >= 0.6 is 11.3 Å². The highest BCUT2D eigenvalue weighted by atomic mass is 32.1. The summed E-state index contributed by atoms with van der Waals surface area (Å²) in [6.07, 6.45) is 0. The highest BCUT2D eigenvalue weighted by Crippen LogP contribution is 2.09. The first-order valence-corrected chi connectivity index (χ1v) is 5.54. The van der Waals surface area contributed by atoms with E-state index in [0.29, 0.717) is 0 Å². The van der Waals surface area contributed by atoms with E-state index >= 15 is 0 Å². The lowest BCUT2D eigenvalue weighted by Crippen LogP contribution is -2.35. The lowest BCUT2D eigenvalue weighted by molar-refractivity contribution is 0.480. The molecule has 76 valence electrons. The molecule has 0 amide bonds. The standard InChI is InChI=1S/C9H14N4S/c1-7-12-8(6-14-7)5-13(2)9-10-3-4-11-9/h6H,3-5H2,1-2H3,(H,10,11). The fourth-order valence-electron chi connectivity index (χ4n) is 1.44. The summed E-state index contributed by atoms with van der Waals surface area (Å²) in [7, 11) is 2.03. The predicted octanol–water partition coefficient (Wildman–Crippen LogP) is 0.843. The first-order valence-electron chi connectivity index (χ1n) is 4.66. The summed E-state index contributed by atoms with van der Waals surface area (Å²) in [6, 6.07) is 0. The average molecular weight is 210 g/mol. The van der Waals surface area contributed by atoms with Gasteiger partial charge in [0.1, 0.15) is 0 Å². The third-order valence-electron chi connectivity index (χ3n) is 2.08. The Kier molecular flexibility index (Phi) is 2.67. The first kappa shape index (κ1) is 9.45. The van der Waals surface area contributed by atoms with Gasteiger partial charge < -0.3 is 10.2 Å². The van der Waals surface area contributed by atoms with Crippen LogP contribution in [0.25, 0.3) is 0 Å². The van der Waals surface area contributed by atoms with Crippen LogP contribution in [-0.2, 0) is 6.54 Å². The van der Waals surface area contributed by atoms with E-state index in [-0.39, 0.29) is 0 Å².